The van der Waals surface area contributed by atoms with Crippen LogP contribution < -0.4 is 5.32 Å². The standard InChI is InChI=1S/C13H24N2S/c1-5-6-14-8-11(13(2,3)4)7-12-9-16-10-15-12/h9-11,14H,5-8H2,1-4H3. The van der Waals surface area contributed by atoms with Gasteiger partial charge in [-0.2, -0.15) is 0 Å². The Kier molecular flexibility index (Phi) is 5.42. The number of nitrogens with zero attached hydrogens (tertiary/aromatic N) is 1. The molecule has 0 saturated heterocycles. The summed E-state index contributed by atoms with van der Waals surface area (Å²) in [6, 6.07) is 0. The Bertz CT molecular complexity index is 275. The van der Waals surface area contributed by atoms with Crippen molar-refractivity contribution in [2.45, 2.75) is 40.5 Å². The summed E-state index contributed by atoms with van der Waals surface area (Å²) in [5.74, 6) is 0.654. The number of rotatable bonds is 6. The third kappa shape index (κ3) is 4.62. The third-order valence-corrected chi connectivity index (χ3v) is 3.62. The van der Waals surface area contributed by atoms with E-state index in [0.717, 1.165) is 19.5 Å². The zero-order valence-electron chi connectivity index (χ0n) is 10.9. The molecule has 0 fully saturated rings. The maximum atomic E-state index is 4.39. The Morgan fingerprint density at radius 1 is 1.44 bits per heavy atom. The molecule has 16 heavy (non-hydrogen) atoms. The molecule has 0 aliphatic heterocycles. The Hall–Kier alpha value is -0.410. The molecule has 1 aromatic heterocycles. The first-order chi connectivity index (χ1) is 7.54. The van der Waals surface area contributed by atoms with Gasteiger partial charge in [-0.15, -0.1) is 11.3 Å². The average molecular weight is 240 g/mol. The fourth-order valence-corrected chi connectivity index (χ4v) is 2.30. The minimum Gasteiger partial charge on any atom is -0.316 e. The summed E-state index contributed by atoms with van der Waals surface area (Å²) in [6.45, 7) is 11.4. The van der Waals surface area contributed by atoms with E-state index in [2.05, 4.69) is 43.4 Å². The van der Waals surface area contributed by atoms with Crippen LogP contribution in [0.2, 0.25) is 0 Å². The van der Waals surface area contributed by atoms with E-state index in [1.165, 1.54) is 12.1 Å². The van der Waals surface area contributed by atoms with E-state index >= 15 is 0 Å². The topological polar surface area (TPSA) is 24.9 Å². The molecule has 1 heterocycles. The van der Waals surface area contributed by atoms with Gasteiger partial charge in [-0.1, -0.05) is 27.7 Å². The maximum absolute atomic E-state index is 4.39. The Balaban J connectivity index is 2.51. The van der Waals surface area contributed by atoms with E-state index in [0.29, 0.717) is 11.3 Å². The van der Waals surface area contributed by atoms with Crippen LogP contribution in [0.15, 0.2) is 10.9 Å². The molecule has 0 spiro atoms. The fraction of sp³-hybridized carbons (Fsp3) is 0.769. The molecule has 3 heteroatoms. The van der Waals surface area contributed by atoms with Gasteiger partial charge in [0.15, 0.2) is 0 Å². The number of aromatic nitrogens is 1. The Morgan fingerprint density at radius 2 is 2.19 bits per heavy atom. The van der Waals surface area contributed by atoms with Crippen molar-refractivity contribution in [1.82, 2.24) is 10.3 Å². The lowest BCUT2D eigenvalue weighted by Gasteiger charge is -2.30. The summed E-state index contributed by atoms with van der Waals surface area (Å²) in [5, 5.41) is 5.69. The van der Waals surface area contributed by atoms with Crippen LogP contribution in [0.5, 0.6) is 0 Å². The van der Waals surface area contributed by atoms with Crippen LogP contribution >= 0.6 is 11.3 Å². The number of thiazole rings is 1. The molecular weight excluding hydrogens is 216 g/mol. The fourth-order valence-electron chi connectivity index (χ4n) is 1.73. The summed E-state index contributed by atoms with van der Waals surface area (Å²) < 4.78 is 0. The molecule has 0 saturated carbocycles. The second-order valence-corrected chi connectivity index (χ2v) is 6.17. The van der Waals surface area contributed by atoms with Gasteiger partial charge in [-0.3, -0.25) is 0 Å². The van der Waals surface area contributed by atoms with Crippen LogP contribution in [0.4, 0.5) is 0 Å². The molecule has 0 aliphatic rings. The molecule has 1 atom stereocenters. The number of hydrogen-bond acceptors (Lipinski definition) is 3. The van der Waals surface area contributed by atoms with Gasteiger partial charge in [-0.05, 0) is 37.3 Å². The van der Waals surface area contributed by atoms with Crippen LogP contribution in [-0.2, 0) is 6.42 Å². The van der Waals surface area contributed by atoms with Gasteiger partial charge in [0.25, 0.3) is 0 Å². The second kappa shape index (κ2) is 6.36. The van der Waals surface area contributed by atoms with Gasteiger partial charge in [0.2, 0.25) is 0 Å². The molecule has 0 amide bonds. The second-order valence-electron chi connectivity index (χ2n) is 5.45. The highest BCUT2D eigenvalue weighted by Gasteiger charge is 2.24. The number of hydrogen-bond donors (Lipinski definition) is 1. The van der Waals surface area contributed by atoms with E-state index < -0.39 is 0 Å². The predicted octanol–water partition coefficient (Wildman–Crippen LogP) is 3.35. The molecule has 0 aromatic carbocycles. The summed E-state index contributed by atoms with van der Waals surface area (Å²) in [6.07, 6.45) is 2.29. The smallest absolute Gasteiger partial charge is 0.0794 e. The first-order valence-corrected chi connectivity index (χ1v) is 7.06. The molecule has 1 unspecified atom stereocenters. The van der Waals surface area contributed by atoms with Crippen molar-refractivity contribution in [3.05, 3.63) is 16.6 Å². The van der Waals surface area contributed by atoms with Crippen LogP contribution in [0.1, 0.15) is 39.8 Å². The molecule has 1 aromatic rings. The van der Waals surface area contributed by atoms with Gasteiger partial charge in [0, 0.05) is 5.38 Å². The van der Waals surface area contributed by atoms with Gasteiger partial charge >= 0.3 is 0 Å². The molecule has 92 valence electrons. The van der Waals surface area contributed by atoms with Gasteiger partial charge in [0.1, 0.15) is 0 Å². The maximum Gasteiger partial charge on any atom is 0.0794 e. The first-order valence-electron chi connectivity index (χ1n) is 6.11. The monoisotopic (exact) mass is 240 g/mol. The zero-order chi connectivity index (χ0) is 12.0. The van der Waals surface area contributed by atoms with E-state index in [1.54, 1.807) is 11.3 Å². The van der Waals surface area contributed by atoms with Gasteiger partial charge < -0.3 is 5.32 Å². The van der Waals surface area contributed by atoms with E-state index in [-0.39, 0.29) is 0 Å². The lowest BCUT2D eigenvalue weighted by molar-refractivity contribution is 0.230. The third-order valence-electron chi connectivity index (χ3n) is 2.98. The Labute approximate surface area is 103 Å². The average Bonchev–Trinajstić information content (AvgIpc) is 2.67. The van der Waals surface area contributed by atoms with Crippen molar-refractivity contribution < 1.29 is 0 Å². The van der Waals surface area contributed by atoms with Crippen molar-refractivity contribution in [3.8, 4) is 0 Å². The summed E-state index contributed by atoms with van der Waals surface area (Å²) in [4.78, 5) is 4.39. The van der Waals surface area contributed by atoms with Crippen molar-refractivity contribution >= 4 is 11.3 Å². The summed E-state index contributed by atoms with van der Waals surface area (Å²) in [7, 11) is 0. The quantitative estimate of drug-likeness (QED) is 0.771. The molecule has 0 bridgehead atoms. The highest BCUT2D eigenvalue weighted by atomic mass is 32.1. The van der Waals surface area contributed by atoms with Crippen molar-refractivity contribution in [2.75, 3.05) is 13.1 Å². The normalized spacial score (nSPS) is 14.0. The molecule has 0 radical (unpaired) electrons. The molecule has 1 rings (SSSR count). The van der Waals surface area contributed by atoms with Crippen molar-refractivity contribution in [2.24, 2.45) is 11.3 Å². The van der Waals surface area contributed by atoms with Crippen LogP contribution in [0, 0.1) is 11.3 Å². The molecule has 0 aliphatic carbocycles. The number of nitrogens with one attached hydrogen (secondary N) is 1. The van der Waals surface area contributed by atoms with Gasteiger partial charge in [-0.25, -0.2) is 4.98 Å². The van der Waals surface area contributed by atoms with Crippen LogP contribution in [-0.4, -0.2) is 18.1 Å². The SMILES string of the molecule is CCCNCC(Cc1cscn1)C(C)(C)C. The van der Waals surface area contributed by atoms with Crippen LogP contribution in [0.3, 0.4) is 0 Å². The van der Waals surface area contributed by atoms with E-state index in [4.69, 9.17) is 0 Å². The largest absolute Gasteiger partial charge is 0.316 e. The van der Waals surface area contributed by atoms with E-state index in [9.17, 15) is 0 Å². The molecule has 2 nitrogen and oxygen atoms in total. The lowest BCUT2D eigenvalue weighted by Crippen LogP contribution is -2.33. The Morgan fingerprint density at radius 3 is 2.69 bits per heavy atom. The molecule has 1 N–H and O–H groups in total. The van der Waals surface area contributed by atoms with Gasteiger partial charge in [0.05, 0.1) is 11.2 Å². The summed E-state index contributed by atoms with van der Waals surface area (Å²) in [5.41, 5.74) is 3.50. The van der Waals surface area contributed by atoms with Crippen LogP contribution in [0.25, 0.3) is 0 Å². The summed E-state index contributed by atoms with van der Waals surface area (Å²) >= 11 is 1.69. The van der Waals surface area contributed by atoms with E-state index in [1.807, 2.05) is 5.51 Å². The van der Waals surface area contributed by atoms with Crippen molar-refractivity contribution in [1.29, 1.82) is 0 Å². The van der Waals surface area contributed by atoms with Crippen molar-refractivity contribution in [3.63, 3.8) is 0 Å². The predicted molar refractivity (Wildman–Crippen MR) is 71.9 cm³/mol. The highest BCUT2D eigenvalue weighted by molar-refractivity contribution is 7.07. The zero-order valence-corrected chi connectivity index (χ0v) is 11.7. The molecular formula is C13H24N2S. The highest BCUT2D eigenvalue weighted by Crippen LogP contribution is 2.28. The first kappa shape index (κ1) is 13.7. The minimum atomic E-state index is 0.338. The lowest BCUT2D eigenvalue weighted by atomic mass is 9.78. The minimum absolute atomic E-state index is 0.338.